The van der Waals surface area contributed by atoms with Crippen molar-refractivity contribution in [2.24, 2.45) is 5.73 Å². The van der Waals surface area contributed by atoms with Gasteiger partial charge in [0.15, 0.2) is 0 Å². The summed E-state index contributed by atoms with van der Waals surface area (Å²) in [4.78, 5) is 0. The van der Waals surface area contributed by atoms with Crippen LogP contribution in [0.25, 0.3) is 0 Å². The standard InChI is InChI=1S/C17H18N4O3/c1-4-12-15-14(10-6-5-9(22-2)7-13(10)23-3)11(8-18)16(19)24-17(15)21-20-12/h5-7,14H,4,19H2,1-3H3,(H,20,21)/t14-/m0/s1. The highest BCUT2D eigenvalue weighted by molar-refractivity contribution is 5.59. The molecule has 0 amide bonds. The van der Waals surface area contributed by atoms with Crippen LogP contribution < -0.4 is 19.9 Å². The van der Waals surface area contributed by atoms with Gasteiger partial charge in [0.2, 0.25) is 11.8 Å². The Morgan fingerprint density at radius 3 is 2.79 bits per heavy atom. The van der Waals surface area contributed by atoms with E-state index in [1.165, 1.54) is 0 Å². The monoisotopic (exact) mass is 326 g/mol. The number of fused-ring (bicyclic) bond motifs is 1. The van der Waals surface area contributed by atoms with E-state index in [4.69, 9.17) is 19.9 Å². The number of allylic oxidation sites excluding steroid dienone is 1. The topological polar surface area (TPSA) is 106 Å². The first-order valence-corrected chi connectivity index (χ1v) is 7.51. The first-order valence-electron chi connectivity index (χ1n) is 7.51. The second kappa shape index (κ2) is 6.16. The second-order valence-electron chi connectivity index (χ2n) is 5.31. The molecule has 1 aliphatic rings. The highest BCUT2D eigenvalue weighted by Gasteiger charge is 2.36. The summed E-state index contributed by atoms with van der Waals surface area (Å²) in [7, 11) is 3.17. The lowest BCUT2D eigenvalue weighted by molar-refractivity contribution is 0.372. The minimum atomic E-state index is -0.409. The van der Waals surface area contributed by atoms with Crippen LogP contribution >= 0.6 is 0 Å². The van der Waals surface area contributed by atoms with Crippen LogP contribution in [0, 0.1) is 11.3 Å². The van der Waals surface area contributed by atoms with Crippen molar-refractivity contribution in [2.75, 3.05) is 14.2 Å². The molecule has 3 N–H and O–H groups in total. The molecular formula is C17H18N4O3. The van der Waals surface area contributed by atoms with Crippen molar-refractivity contribution >= 4 is 0 Å². The summed E-state index contributed by atoms with van der Waals surface area (Å²) in [5, 5.41) is 16.8. The predicted octanol–water partition coefficient (Wildman–Crippen LogP) is 2.21. The van der Waals surface area contributed by atoms with Crippen LogP contribution in [0.4, 0.5) is 0 Å². The molecule has 1 aromatic carbocycles. The third-order valence-corrected chi connectivity index (χ3v) is 4.12. The molecule has 0 saturated heterocycles. The van der Waals surface area contributed by atoms with Gasteiger partial charge in [-0.3, -0.25) is 5.10 Å². The van der Waals surface area contributed by atoms with Crippen LogP contribution in [0.3, 0.4) is 0 Å². The molecule has 124 valence electrons. The van der Waals surface area contributed by atoms with Crippen molar-refractivity contribution in [3.05, 3.63) is 46.5 Å². The van der Waals surface area contributed by atoms with Gasteiger partial charge in [-0.05, 0) is 12.5 Å². The van der Waals surface area contributed by atoms with Crippen molar-refractivity contribution in [2.45, 2.75) is 19.3 Å². The molecule has 2 aromatic rings. The molecule has 0 radical (unpaired) electrons. The van der Waals surface area contributed by atoms with E-state index in [9.17, 15) is 5.26 Å². The number of nitriles is 1. The molecule has 0 aliphatic carbocycles. The predicted molar refractivity (Wildman–Crippen MR) is 86.8 cm³/mol. The Kier molecular flexibility index (Phi) is 4.04. The van der Waals surface area contributed by atoms with Gasteiger partial charge in [-0.2, -0.15) is 5.26 Å². The van der Waals surface area contributed by atoms with Crippen LogP contribution in [0.2, 0.25) is 0 Å². The average molecular weight is 326 g/mol. The number of aryl methyl sites for hydroxylation is 1. The number of aromatic nitrogens is 2. The van der Waals surface area contributed by atoms with Gasteiger partial charge in [-0.25, -0.2) is 0 Å². The van der Waals surface area contributed by atoms with Crippen LogP contribution in [0.15, 0.2) is 29.7 Å². The van der Waals surface area contributed by atoms with E-state index in [0.29, 0.717) is 23.0 Å². The van der Waals surface area contributed by atoms with Gasteiger partial charge < -0.3 is 19.9 Å². The van der Waals surface area contributed by atoms with Gasteiger partial charge >= 0.3 is 0 Å². The first kappa shape index (κ1) is 15.7. The van der Waals surface area contributed by atoms with E-state index in [0.717, 1.165) is 23.2 Å². The SMILES string of the molecule is CCc1[nH]nc2c1[C@@H](c1ccc(OC)cc1OC)C(C#N)=C(N)O2. The number of nitrogens with two attached hydrogens (primary N) is 1. The van der Waals surface area contributed by atoms with Crippen LogP contribution in [0.5, 0.6) is 17.4 Å². The van der Waals surface area contributed by atoms with Crippen molar-refractivity contribution in [1.82, 2.24) is 10.2 Å². The summed E-state index contributed by atoms with van der Waals surface area (Å²) in [6, 6.07) is 7.64. The highest BCUT2D eigenvalue weighted by atomic mass is 16.5. The zero-order chi connectivity index (χ0) is 17.3. The van der Waals surface area contributed by atoms with Crippen molar-refractivity contribution in [1.29, 1.82) is 5.26 Å². The van der Waals surface area contributed by atoms with Gasteiger partial charge in [0.25, 0.3) is 0 Å². The molecule has 1 aromatic heterocycles. The van der Waals surface area contributed by atoms with E-state index in [1.54, 1.807) is 20.3 Å². The molecule has 0 unspecified atom stereocenters. The summed E-state index contributed by atoms with van der Waals surface area (Å²) >= 11 is 0. The van der Waals surface area contributed by atoms with Crippen molar-refractivity contribution in [3.8, 4) is 23.4 Å². The van der Waals surface area contributed by atoms with Crippen LogP contribution in [0.1, 0.15) is 29.7 Å². The van der Waals surface area contributed by atoms with Gasteiger partial charge in [-0.15, -0.1) is 5.10 Å². The van der Waals surface area contributed by atoms with Crippen LogP contribution in [-0.4, -0.2) is 24.4 Å². The Labute approximate surface area is 139 Å². The molecule has 0 fully saturated rings. The number of H-pyrrole nitrogens is 1. The number of hydrogen-bond donors (Lipinski definition) is 2. The summed E-state index contributed by atoms with van der Waals surface area (Å²) < 4.78 is 16.3. The molecule has 0 bridgehead atoms. The van der Waals surface area contributed by atoms with Gasteiger partial charge in [0, 0.05) is 17.3 Å². The molecular weight excluding hydrogens is 308 g/mol. The van der Waals surface area contributed by atoms with Gasteiger partial charge in [0.1, 0.15) is 23.1 Å². The zero-order valence-electron chi connectivity index (χ0n) is 13.7. The minimum Gasteiger partial charge on any atom is -0.497 e. The molecule has 24 heavy (non-hydrogen) atoms. The third-order valence-electron chi connectivity index (χ3n) is 4.12. The number of nitrogens with one attached hydrogen (secondary N) is 1. The third kappa shape index (κ3) is 2.33. The lowest BCUT2D eigenvalue weighted by Crippen LogP contribution is -2.21. The van der Waals surface area contributed by atoms with Crippen molar-refractivity contribution in [3.63, 3.8) is 0 Å². The van der Waals surface area contributed by atoms with E-state index in [2.05, 4.69) is 16.3 Å². The average Bonchev–Trinajstić information content (AvgIpc) is 3.02. The summed E-state index contributed by atoms with van der Waals surface area (Å²) in [5.74, 6) is 1.32. The zero-order valence-corrected chi connectivity index (χ0v) is 13.7. The molecule has 0 spiro atoms. The lowest BCUT2D eigenvalue weighted by atomic mass is 9.83. The number of nitrogens with zero attached hydrogens (tertiary/aromatic N) is 2. The Bertz CT molecular complexity index is 848. The molecule has 3 rings (SSSR count). The number of ether oxygens (including phenoxy) is 3. The summed E-state index contributed by atoms with van der Waals surface area (Å²) in [6.07, 6.45) is 0.722. The number of aromatic amines is 1. The Morgan fingerprint density at radius 1 is 1.38 bits per heavy atom. The summed E-state index contributed by atoms with van der Waals surface area (Å²) in [6.45, 7) is 2.00. The maximum absolute atomic E-state index is 9.62. The molecule has 0 saturated carbocycles. The lowest BCUT2D eigenvalue weighted by Gasteiger charge is -2.25. The van der Waals surface area contributed by atoms with E-state index >= 15 is 0 Å². The van der Waals surface area contributed by atoms with Gasteiger partial charge in [0.05, 0.1) is 25.7 Å². The molecule has 1 atom stereocenters. The molecule has 7 nitrogen and oxygen atoms in total. The normalized spacial score (nSPS) is 16.2. The maximum Gasteiger partial charge on any atom is 0.244 e. The highest BCUT2D eigenvalue weighted by Crippen LogP contribution is 2.46. The first-order chi connectivity index (χ1) is 11.6. The maximum atomic E-state index is 9.62. The Hall–Kier alpha value is -3.14. The molecule has 7 heteroatoms. The Morgan fingerprint density at radius 2 is 2.17 bits per heavy atom. The van der Waals surface area contributed by atoms with E-state index in [-0.39, 0.29) is 5.88 Å². The fraction of sp³-hybridized carbons (Fsp3) is 0.294. The largest absolute Gasteiger partial charge is 0.497 e. The fourth-order valence-corrected chi connectivity index (χ4v) is 2.95. The fourth-order valence-electron chi connectivity index (χ4n) is 2.95. The summed E-state index contributed by atoms with van der Waals surface area (Å²) in [5.41, 5.74) is 8.79. The molecule has 2 heterocycles. The smallest absolute Gasteiger partial charge is 0.244 e. The van der Waals surface area contributed by atoms with Gasteiger partial charge in [-0.1, -0.05) is 13.0 Å². The number of benzene rings is 1. The molecule has 1 aliphatic heterocycles. The minimum absolute atomic E-state index is 0.0574. The Balaban J connectivity index is 2.25. The number of methoxy groups -OCH3 is 2. The number of hydrogen-bond acceptors (Lipinski definition) is 6. The second-order valence-corrected chi connectivity index (χ2v) is 5.31. The van der Waals surface area contributed by atoms with E-state index < -0.39 is 5.92 Å². The van der Waals surface area contributed by atoms with Crippen LogP contribution in [-0.2, 0) is 6.42 Å². The van der Waals surface area contributed by atoms with Crippen molar-refractivity contribution < 1.29 is 14.2 Å². The quantitative estimate of drug-likeness (QED) is 0.892. The van der Waals surface area contributed by atoms with E-state index in [1.807, 2.05) is 19.1 Å². The number of rotatable bonds is 4.